The number of halogens is 2. The normalized spacial score (nSPS) is 20.2. The molecule has 0 aromatic heterocycles. The van der Waals surface area contributed by atoms with E-state index in [1.807, 2.05) is 6.07 Å². The molecule has 5 heteroatoms. The fourth-order valence-corrected chi connectivity index (χ4v) is 2.40. The lowest BCUT2D eigenvalue weighted by molar-refractivity contribution is -0.121. The van der Waals surface area contributed by atoms with E-state index in [9.17, 15) is 0 Å². The van der Waals surface area contributed by atoms with Gasteiger partial charge in [0.1, 0.15) is 0 Å². The summed E-state index contributed by atoms with van der Waals surface area (Å²) in [4.78, 5) is 0. The second kappa shape index (κ2) is 4.51. The van der Waals surface area contributed by atoms with Crippen LogP contribution in [0.3, 0.4) is 0 Å². The summed E-state index contributed by atoms with van der Waals surface area (Å²) in [7, 11) is 0. The molecule has 88 valence electrons. The molecule has 1 aliphatic heterocycles. The number of nitrogens with two attached hydrogens (primary N) is 2. The third-order valence-corrected chi connectivity index (χ3v) is 3.71. The average Bonchev–Trinajstić information content (AvgIpc) is 2.16. The molecule has 4 N–H and O–H groups in total. The standard InChI is InChI=1S/C11H14Cl2N2O/c12-7-1-2-8(9(13)3-7)10(15)11(4-14)5-16-6-11/h1-3,10H,4-6,14-15H2. The summed E-state index contributed by atoms with van der Waals surface area (Å²) in [5, 5.41) is 1.19. The van der Waals surface area contributed by atoms with Gasteiger partial charge in [0.25, 0.3) is 0 Å². The molecule has 1 saturated heterocycles. The van der Waals surface area contributed by atoms with Crippen LogP contribution in [0.5, 0.6) is 0 Å². The van der Waals surface area contributed by atoms with E-state index in [0.29, 0.717) is 29.8 Å². The first kappa shape index (κ1) is 12.1. The monoisotopic (exact) mass is 260 g/mol. The van der Waals surface area contributed by atoms with Gasteiger partial charge in [-0.1, -0.05) is 29.3 Å². The van der Waals surface area contributed by atoms with E-state index in [1.54, 1.807) is 12.1 Å². The molecule has 1 aromatic rings. The Morgan fingerprint density at radius 1 is 1.38 bits per heavy atom. The molecule has 0 spiro atoms. The molecule has 0 saturated carbocycles. The van der Waals surface area contributed by atoms with Gasteiger partial charge in [0.05, 0.1) is 13.2 Å². The predicted octanol–water partition coefficient (Wildman–Crippen LogP) is 1.97. The van der Waals surface area contributed by atoms with E-state index in [-0.39, 0.29) is 11.5 Å². The molecule has 3 nitrogen and oxygen atoms in total. The molecule has 1 atom stereocenters. The number of benzene rings is 1. The molecule has 0 aliphatic carbocycles. The van der Waals surface area contributed by atoms with Crippen LogP contribution >= 0.6 is 23.2 Å². The Hall–Kier alpha value is -0.320. The van der Waals surface area contributed by atoms with Crippen molar-refractivity contribution in [3.8, 4) is 0 Å². The van der Waals surface area contributed by atoms with Crippen molar-refractivity contribution in [3.05, 3.63) is 33.8 Å². The zero-order chi connectivity index (χ0) is 11.8. The maximum atomic E-state index is 6.21. The van der Waals surface area contributed by atoms with Crippen LogP contribution in [0.25, 0.3) is 0 Å². The van der Waals surface area contributed by atoms with Crippen molar-refractivity contribution in [2.24, 2.45) is 16.9 Å². The van der Waals surface area contributed by atoms with Gasteiger partial charge in [0.2, 0.25) is 0 Å². The lowest BCUT2D eigenvalue weighted by Gasteiger charge is -2.45. The van der Waals surface area contributed by atoms with Crippen LogP contribution in [0.1, 0.15) is 11.6 Å². The molecule has 0 amide bonds. The molecule has 2 rings (SSSR count). The van der Waals surface area contributed by atoms with Gasteiger partial charge >= 0.3 is 0 Å². The Bertz CT molecular complexity index is 388. The summed E-state index contributed by atoms with van der Waals surface area (Å²) in [5.41, 5.74) is 12.7. The molecule has 1 unspecified atom stereocenters. The Labute approximate surface area is 105 Å². The number of hydrogen-bond acceptors (Lipinski definition) is 3. The fourth-order valence-electron chi connectivity index (χ4n) is 1.87. The van der Waals surface area contributed by atoms with E-state index < -0.39 is 0 Å². The van der Waals surface area contributed by atoms with Crippen molar-refractivity contribution in [1.29, 1.82) is 0 Å². The third-order valence-electron chi connectivity index (χ3n) is 3.14. The van der Waals surface area contributed by atoms with Crippen molar-refractivity contribution in [3.63, 3.8) is 0 Å². The summed E-state index contributed by atoms with van der Waals surface area (Å²) in [5.74, 6) is 0. The van der Waals surface area contributed by atoms with E-state index in [1.165, 1.54) is 0 Å². The lowest BCUT2D eigenvalue weighted by Crippen LogP contribution is -2.54. The van der Waals surface area contributed by atoms with Gasteiger partial charge in [-0.15, -0.1) is 0 Å². The predicted molar refractivity (Wildman–Crippen MR) is 65.7 cm³/mol. The van der Waals surface area contributed by atoms with Crippen LogP contribution in [0.4, 0.5) is 0 Å². The topological polar surface area (TPSA) is 61.3 Å². The molecule has 0 radical (unpaired) electrons. The Morgan fingerprint density at radius 3 is 2.50 bits per heavy atom. The molecule has 0 bridgehead atoms. The van der Waals surface area contributed by atoms with E-state index >= 15 is 0 Å². The van der Waals surface area contributed by atoms with Crippen LogP contribution < -0.4 is 11.5 Å². The van der Waals surface area contributed by atoms with E-state index in [0.717, 1.165) is 5.56 Å². The van der Waals surface area contributed by atoms with Crippen molar-refractivity contribution in [2.45, 2.75) is 6.04 Å². The summed E-state index contributed by atoms with van der Waals surface area (Å²) >= 11 is 12.0. The third kappa shape index (κ3) is 1.94. The van der Waals surface area contributed by atoms with Crippen molar-refractivity contribution in [2.75, 3.05) is 19.8 Å². The van der Waals surface area contributed by atoms with E-state index in [2.05, 4.69) is 0 Å². The van der Waals surface area contributed by atoms with Crippen LogP contribution in [0, 0.1) is 5.41 Å². The minimum atomic E-state index is -0.212. The first-order chi connectivity index (χ1) is 7.59. The SMILES string of the molecule is NCC1(C(N)c2ccc(Cl)cc2Cl)COC1. The van der Waals surface area contributed by atoms with Gasteiger partial charge in [-0.3, -0.25) is 0 Å². The maximum absolute atomic E-state index is 6.21. The molecular weight excluding hydrogens is 247 g/mol. The zero-order valence-electron chi connectivity index (χ0n) is 8.75. The van der Waals surface area contributed by atoms with E-state index in [4.69, 9.17) is 39.4 Å². The highest BCUT2D eigenvalue weighted by atomic mass is 35.5. The van der Waals surface area contributed by atoms with Gasteiger partial charge in [-0.25, -0.2) is 0 Å². The summed E-state index contributed by atoms with van der Waals surface area (Å²) < 4.78 is 5.21. The highest BCUT2D eigenvalue weighted by molar-refractivity contribution is 6.35. The highest BCUT2D eigenvalue weighted by Gasteiger charge is 2.44. The molecular formula is C11H14Cl2N2O. The van der Waals surface area contributed by atoms with Gasteiger partial charge in [-0.2, -0.15) is 0 Å². The van der Waals surface area contributed by atoms with Crippen LogP contribution in [-0.4, -0.2) is 19.8 Å². The van der Waals surface area contributed by atoms with Gasteiger partial charge in [0, 0.05) is 28.0 Å². The van der Waals surface area contributed by atoms with Crippen LogP contribution in [-0.2, 0) is 4.74 Å². The van der Waals surface area contributed by atoms with Crippen LogP contribution in [0.15, 0.2) is 18.2 Å². The Kier molecular flexibility index (Phi) is 3.42. The molecule has 1 fully saturated rings. The first-order valence-electron chi connectivity index (χ1n) is 5.07. The Morgan fingerprint density at radius 2 is 2.06 bits per heavy atom. The second-order valence-corrected chi connectivity index (χ2v) is 5.05. The lowest BCUT2D eigenvalue weighted by atomic mass is 9.76. The molecule has 16 heavy (non-hydrogen) atoms. The second-order valence-electron chi connectivity index (χ2n) is 4.20. The minimum absolute atomic E-state index is 0.183. The van der Waals surface area contributed by atoms with Gasteiger partial charge < -0.3 is 16.2 Å². The first-order valence-corrected chi connectivity index (χ1v) is 5.83. The van der Waals surface area contributed by atoms with Crippen LogP contribution in [0.2, 0.25) is 10.0 Å². The largest absolute Gasteiger partial charge is 0.380 e. The summed E-state index contributed by atoms with van der Waals surface area (Å²) in [6.45, 7) is 1.67. The fraction of sp³-hybridized carbons (Fsp3) is 0.455. The molecule has 1 aromatic carbocycles. The van der Waals surface area contributed by atoms with Crippen molar-refractivity contribution < 1.29 is 4.74 Å². The maximum Gasteiger partial charge on any atom is 0.0575 e. The van der Waals surface area contributed by atoms with Crippen molar-refractivity contribution in [1.82, 2.24) is 0 Å². The Balaban J connectivity index is 2.29. The zero-order valence-corrected chi connectivity index (χ0v) is 10.3. The molecule has 1 aliphatic rings. The average molecular weight is 261 g/mol. The smallest absolute Gasteiger partial charge is 0.0575 e. The number of ether oxygens (including phenoxy) is 1. The summed E-state index contributed by atoms with van der Waals surface area (Å²) in [6.07, 6.45) is 0. The van der Waals surface area contributed by atoms with Crippen molar-refractivity contribution >= 4 is 23.2 Å². The highest BCUT2D eigenvalue weighted by Crippen LogP contribution is 2.40. The van der Waals surface area contributed by atoms with Gasteiger partial charge in [0.15, 0.2) is 0 Å². The summed E-state index contributed by atoms with van der Waals surface area (Å²) in [6, 6.07) is 5.12. The minimum Gasteiger partial charge on any atom is -0.380 e. The molecule has 1 heterocycles. The number of rotatable bonds is 3. The quantitative estimate of drug-likeness (QED) is 0.874. The number of hydrogen-bond donors (Lipinski definition) is 2. The van der Waals surface area contributed by atoms with Gasteiger partial charge in [-0.05, 0) is 17.7 Å².